The third-order valence-electron chi connectivity index (χ3n) is 5.98. The van der Waals surface area contributed by atoms with Gasteiger partial charge in [-0.1, -0.05) is 41.5 Å². The number of carboxylic acid groups (broad SMARTS) is 3. The first-order chi connectivity index (χ1) is 21.7. The Kier molecular flexibility index (Phi) is 15.6. The Morgan fingerprint density at radius 3 is 0.833 bits per heavy atom. The number of hydrogen-bond donors (Lipinski definition) is 6. The zero-order valence-electron chi connectivity index (χ0n) is 26.5. The van der Waals surface area contributed by atoms with Crippen molar-refractivity contribution >= 4 is 58.6 Å². The Bertz CT molecular complexity index is 1300. The van der Waals surface area contributed by atoms with E-state index in [4.69, 9.17) is 32.9 Å². The van der Waals surface area contributed by atoms with E-state index in [2.05, 4.69) is 0 Å². The summed E-state index contributed by atoms with van der Waals surface area (Å²) in [6.07, 6.45) is -20.0. The predicted octanol–water partition coefficient (Wildman–Crippen LogP) is 0.669. The lowest BCUT2D eigenvalue weighted by molar-refractivity contribution is -0.240. The Morgan fingerprint density at radius 1 is 0.458 bits per heavy atom. The van der Waals surface area contributed by atoms with E-state index in [1.807, 2.05) is 0 Å². The molecular weight excluding hydrogens is 717 g/mol. The normalized spacial score (nSPS) is 26.5. The lowest BCUT2D eigenvalue weighted by Crippen LogP contribution is -2.68. The zero-order chi connectivity index (χ0) is 37.5. The van der Waals surface area contributed by atoms with Gasteiger partial charge in [0.15, 0.2) is 18.3 Å². The summed E-state index contributed by atoms with van der Waals surface area (Å²) in [7, 11) is -16.5. The van der Waals surface area contributed by atoms with Gasteiger partial charge in [-0.2, -0.15) is 0 Å². The Hall–Kier alpha value is -2.73. The first kappa shape index (κ1) is 43.3. The molecule has 0 amide bonds. The average molecular weight is 756 g/mol. The fourth-order valence-electron chi connectivity index (χ4n) is 3.89. The largest absolute Gasteiger partial charge is 0.481 e. The van der Waals surface area contributed by atoms with Crippen LogP contribution in [-0.2, 0) is 70.2 Å². The van der Waals surface area contributed by atoms with Gasteiger partial charge in [0.25, 0.3) is 0 Å². The number of rotatable bonds is 18. The molecule has 0 spiro atoms. The van der Waals surface area contributed by atoms with Crippen LogP contribution in [0.3, 0.4) is 0 Å². The molecular formula is C24H39O21P3. The van der Waals surface area contributed by atoms with Gasteiger partial charge in [0.05, 0.1) is 17.8 Å². The van der Waals surface area contributed by atoms with E-state index in [1.54, 1.807) is 0 Å². The van der Waals surface area contributed by atoms with Gasteiger partial charge in [-0.15, -0.1) is 0 Å². The van der Waals surface area contributed by atoms with Crippen molar-refractivity contribution in [1.82, 2.24) is 0 Å². The van der Waals surface area contributed by atoms with Crippen molar-refractivity contribution in [3.8, 4) is 0 Å². The molecule has 0 aromatic heterocycles. The van der Waals surface area contributed by atoms with Crippen LogP contribution in [0.15, 0.2) is 0 Å². The number of esters is 3. The Labute approximate surface area is 273 Å². The molecule has 0 saturated heterocycles. The fourth-order valence-corrected chi connectivity index (χ4v) is 7.00. The minimum atomic E-state index is -5.52. The fraction of sp³-hybridized carbons (Fsp3) is 0.750. The van der Waals surface area contributed by atoms with Crippen LogP contribution < -0.4 is 0 Å². The molecule has 1 saturated carbocycles. The van der Waals surface area contributed by atoms with Crippen LogP contribution in [0.4, 0.5) is 0 Å². The smallest absolute Gasteiger partial charge is 0.339 e. The van der Waals surface area contributed by atoms with Crippen molar-refractivity contribution in [1.29, 1.82) is 0 Å². The summed E-state index contributed by atoms with van der Waals surface area (Å²) >= 11 is 0. The molecule has 0 bridgehead atoms. The highest BCUT2D eigenvalue weighted by atomic mass is 31.2. The van der Waals surface area contributed by atoms with Crippen LogP contribution in [-0.4, -0.2) is 121 Å². The maximum Gasteiger partial charge on any atom is 0.339 e. The van der Waals surface area contributed by atoms with E-state index in [-0.39, 0.29) is 0 Å². The molecule has 1 fully saturated rings. The van der Waals surface area contributed by atoms with E-state index in [1.165, 1.54) is 41.5 Å². The van der Waals surface area contributed by atoms with E-state index in [0.717, 1.165) is 0 Å². The topological polar surface area (TPSA) is 330 Å². The van der Waals surface area contributed by atoms with Crippen molar-refractivity contribution in [3.05, 3.63) is 0 Å². The third-order valence-corrected chi connectivity index (χ3v) is 9.71. The van der Waals surface area contributed by atoms with Crippen LogP contribution in [0.2, 0.25) is 0 Å². The minimum absolute atomic E-state index is 1.01. The molecule has 1 rings (SSSR count). The minimum Gasteiger partial charge on any atom is -0.481 e. The van der Waals surface area contributed by atoms with Crippen LogP contribution in [0.25, 0.3) is 0 Å². The molecule has 0 heterocycles. The first-order valence-electron chi connectivity index (χ1n) is 14.0. The molecule has 0 aromatic rings. The monoisotopic (exact) mass is 756 g/mol. The summed E-state index contributed by atoms with van der Waals surface area (Å²) in [5.74, 6) is -12.5. The van der Waals surface area contributed by atoms with E-state index in [9.17, 15) is 67.4 Å². The Balaban J connectivity index is 4.32. The summed E-state index contributed by atoms with van der Waals surface area (Å²) in [6, 6.07) is 0. The first-order valence-corrected chi connectivity index (χ1v) is 19.2. The van der Waals surface area contributed by atoms with Crippen molar-refractivity contribution in [2.24, 2.45) is 17.8 Å². The predicted molar refractivity (Wildman–Crippen MR) is 156 cm³/mol. The second-order valence-corrected chi connectivity index (χ2v) is 16.9. The summed E-state index contributed by atoms with van der Waals surface area (Å²) in [6.45, 7) is 7.77. The number of carbonyl (C=O) groups excluding carboxylic acids is 3. The molecule has 0 aromatic carbocycles. The summed E-state index contributed by atoms with van der Waals surface area (Å²) in [5, 5.41) is 27.5. The van der Waals surface area contributed by atoms with Crippen LogP contribution >= 0.6 is 22.8 Å². The second kappa shape index (κ2) is 17.3. The SMILES string of the molecule is CC(C)C(=O)O[C@@H]1[C@@H](OC(=O)C(C)C)[C@H](OP(=O)(O)CC(=O)O)[C@@H](OP(=O)(O)CC(=O)O)[C@@H](OP(=O)(O)CC(=O)O)[C@H]1OC(=O)C(C)C. The third kappa shape index (κ3) is 13.6. The van der Waals surface area contributed by atoms with Gasteiger partial charge in [-0.3, -0.25) is 56.0 Å². The second-order valence-electron chi connectivity index (χ2n) is 11.4. The average Bonchev–Trinajstić information content (AvgIpc) is 2.86. The van der Waals surface area contributed by atoms with Crippen molar-refractivity contribution < 1.29 is 100 Å². The molecule has 276 valence electrons. The molecule has 6 N–H and O–H groups in total. The summed E-state index contributed by atoms with van der Waals surface area (Å²) in [4.78, 5) is 104. The van der Waals surface area contributed by atoms with Crippen molar-refractivity contribution in [2.75, 3.05) is 18.5 Å². The number of aliphatic carboxylic acids is 3. The molecule has 1 aliphatic rings. The maximum atomic E-state index is 13.0. The van der Waals surface area contributed by atoms with Crippen LogP contribution in [0, 0.1) is 17.8 Å². The van der Waals surface area contributed by atoms with Gasteiger partial charge in [-0.05, 0) is 0 Å². The quantitative estimate of drug-likeness (QED) is 0.0635. The lowest BCUT2D eigenvalue weighted by Gasteiger charge is -2.49. The van der Waals surface area contributed by atoms with Gasteiger partial charge in [0.2, 0.25) is 0 Å². The maximum absolute atomic E-state index is 13.0. The van der Waals surface area contributed by atoms with E-state index < -0.39 is 131 Å². The van der Waals surface area contributed by atoms with E-state index in [0.29, 0.717) is 0 Å². The lowest BCUT2D eigenvalue weighted by atomic mass is 9.84. The highest BCUT2D eigenvalue weighted by Crippen LogP contribution is 2.54. The number of hydrogen-bond acceptors (Lipinski definition) is 15. The van der Waals surface area contributed by atoms with Crippen molar-refractivity contribution in [3.63, 3.8) is 0 Å². The highest BCUT2D eigenvalue weighted by Gasteiger charge is 2.62. The number of carbonyl (C=O) groups is 6. The van der Waals surface area contributed by atoms with Crippen LogP contribution in [0.5, 0.6) is 0 Å². The van der Waals surface area contributed by atoms with Gasteiger partial charge in [-0.25, -0.2) is 0 Å². The molecule has 24 heteroatoms. The highest BCUT2D eigenvalue weighted by molar-refractivity contribution is 7.54. The Morgan fingerprint density at radius 2 is 0.646 bits per heavy atom. The van der Waals surface area contributed by atoms with Gasteiger partial charge in [0, 0.05) is 0 Å². The molecule has 21 nitrogen and oxygen atoms in total. The molecule has 48 heavy (non-hydrogen) atoms. The number of carboxylic acids is 3. The molecule has 1 aliphatic carbocycles. The van der Waals surface area contributed by atoms with E-state index >= 15 is 0 Å². The summed E-state index contributed by atoms with van der Waals surface area (Å²) in [5.41, 5.74) is 0. The van der Waals surface area contributed by atoms with Gasteiger partial charge in [0.1, 0.15) is 36.8 Å². The molecule has 0 radical (unpaired) electrons. The molecule has 3 unspecified atom stereocenters. The molecule has 0 aliphatic heterocycles. The molecule has 9 atom stereocenters. The van der Waals surface area contributed by atoms with Crippen molar-refractivity contribution in [2.45, 2.75) is 78.2 Å². The zero-order valence-corrected chi connectivity index (χ0v) is 29.1. The number of ether oxygens (including phenoxy) is 3. The summed E-state index contributed by atoms with van der Waals surface area (Å²) < 4.78 is 70.4. The van der Waals surface area contributed by atoms with Crippen LogP contribution in [0.1, 0.15) is 41.5 Å². The standard InChI is InChI=1S/C24H39O21P3/c1-10(2)22(31)40-16-17(41-23(32)11(3)4)19(43-46(34,35)7-13(25)26)21(45-48(38,39)9-15(29)30)20(18(16)42-24(33)12(5)6)44-47(36,37)8-14(27)28/h10-12,16-21H,7-9H2,1-6H3,(H,25,26)(H,27,28)(H,29,30)(H,34,35)(H,36,37)(H,38,39)/t16-,17-,18+,19-,20-,21-/m0/s1. The van der Waals surface area contributed by atoms with Gasteiger partial charge < -0.3 is 44.2 Å². The van der Waals surface area contributed by atoms with Gasteiger partial charge >= 0.3 is 58.6 Å².